The lowest BCUT2D eigenvalue weighted by Crippen LogP contribution is -2.10. The van der Waals surface area contributed by atoms with E-state index in [1.54, 1.807) is 0 Å². The molecule has 0 N–H and O–H groups in total. The zero-order chi connectivity index (χ0) is 81.7. The summed E-state index contributed by atoms with van der Waals surface area (Å²) < 4.78 is 0. The van der Waals surface area contributed by atoms with Gasteiger partial charge in [0.2, 0.25) is 0 Å². The summed E-state index contributed by atoms with van der Waals surface area (Å²) in [6.07, 6.45) is 40.2. The topological polar surface area (TPSA) is 3.24 Å². The van der Waals surface area contributed by atoms with Gasteiger partial charge in [-0.25, -0.2) is 0 Å². The third-order valence-corrected chi connectivity index (χ3v) is 21.3. The lowest BCUT2D eigenvalue weighted by atomic mass is 9.86. The van der Waals surface area contributed by atoms with Crippen LogP contribution in [0.25, 0.3) is 109 Å². The molecule has 0 saturated carbocycles. The summed E-state index contributed by atoms with van der Waals surface area (Å²) in [6, 6.07) is 101. The Morgan fingerprint density at radius 2 is 0.226 bits per heavy atom. The molecule has 0 radical (unpaired) electrons. The SMILES string of the molecule is CC(C)(C)c1ccc(C=Cc2cc(C=Cc3ccc(N(c4ccc(C=Cc5cc(C=Cc6ccc(C(C)(C)C)cc6)cc(C=Cc6ccc(C(C)(C)C)cc6)c5)cc4)c4ccc(C=Cc5cc(C=Cc6ccc(C(C)(C)C)cc6)cc(C=Cc6ccc(C(C)(C)C)cc6)c5)cc4)cc3)cc(C=Cc3ccc(C(C)(C)C)cc3)c2)cc1. The highest BCUT2D eigenvalue weighted by molar-refractivity contribution is 5.85. The Morgan fingerprint density at radius 3 is 0.330 bits per heavy atom. The molecule has 0 amide bonds. The van der Waals surface area contributed by atoms with Crippen LogP contribution in [0.2, 0.25) is 0 Å². The van der Waals surface area contributed by atoms with Crippen molar-refractivity contribution in [2.45, 2.75) is 157 Å². The highest BCUT2D eigenvalue weighted by atomic mass is 15.1. The Morgan fingerprint density at radius 1 is 0.130 bits per heavy atom. The Bertz CT molecular complexity index is 4740. The van der Waals surface area contributed by atoms with Gasteiger partial charge in [-0.05, 0) is 257 Å². The monoisotopic (exact) mass is 1500 g/mol. The molecule has 12 aromatic rings. The average Bonchev–Trinajstić information content (AvgIpc) is 0.799. The lowest BCUT2D eigenvalue weighted by molar-refractivity contribution is 0.590. The van der Waals surface area contributed by atoms with Crippen LogP contribution in [-0.2, 0) is 32.5 Å². The van der Waals surface area contributed by atoms with Crippen molar-refractivity contribution >= 4 is 126 Å². The molecule has 0 atom stereocenters. The summed E-state index contributed by atoms with van der Waals surface area (Å²) >= 11 is 0. The fraction of sp³-hybridized carbons (Fsp3) is 0.211. The Balaban J connectivity index is 0.863. The summed E-state index contributed by atoms with van der Waals surface area (Å²) in [6.45, 7) is 40.7. The number of hydrogen-bond donors (Lipinski definition) is 0. The van der Waals surface area contributed by atoms with Crippen LogP contribution in [0.1, 0.15) is 258 Å². The summed E-state index contributed by atoms with van der Waals surface area (Å²) in [7, 11) is 0. The first-order valence-corrected chi connectivity index (χ1v) is 41.0. The molecule has 0 aliphatic heterocycles. The standard InChI is InChI=1S/C114H117N/c1-109(2,3)100-55-37-82(38-56-100)19-28-91-73-92(29-20-83-39-57-101(58-40-83)110(4,5)6)77-97(76-91)34-25-88-49-67-106(68-50-88)115(107-69-51-89(52-70-107)26-35-98-78-93(30-21-84-41-59-102(60-42-84)111(7,8)9)74-94(79-98)31-22-85-43-61-103(62-44-85)112(10,11)12)108-71-53-90(54-72-108)27-36-99-80-95(32-23-86-45-63-104(64-46-86)113(13,14)15)75-96(81-99)33-24-87-47-65-105(66-48-87)114(16,17)18/h19-81H,1-18H3. The largest absolute Gasteiger partial charge is 0.311 e. The minimum absolute atomic E-state index is 0.0921. The maximum absolute atomic E-state index is 2.36. The van der Waals surface area contributed by atoms with Crippen molar-refractivity contribution in [1.82, 2.24) is 0 Å². The molecule has 0 unspecified atom stereocenters. The second-order valence-corrected chi connectivity index (χ2v) is 37.1. The molecule has 0 saturated heterocycles. The van der Waals surface area contributed by atoms with E-state index in [2.05, 4.69) is 512 Å². The zero-order valence-electron chi connectivity index (χ0n) is 71.3. The van der Waals surface area contributed by atoms with E-state index in [4.69, 9.17) is 0 Å². The maximum atomic E-state index is 2.36. The molecule has 578 valence electrons. The van der Waals surface area contributed by atoms with E-state index in [0.29, 0.717) is 0 Å². The molecule has 0 heterocycles. The minimum atomic E-state index is 0.0921. The van der Waals surface area contributed by atoms with E-state index in [-0.39, 0.29) is 32.5 Å². The average molecular weight is 1500 g/mol. The third-order valence-electron chi connectivity index (χ3n) is 21.3. The molecule has 0 aromatic heterocycles. The van der Waals surface area contributed by atoms with Crippen molar-refractivity contribution in [2.75, 3.05) is 4.90 Å². The second kappa shape index (κ2) is 35.6. The molecule has 0 fully saturated rings. The van der Waals surface area contributed by atoms with Crippen LogP contribution in [0.4, 0.5) is 17.1 Å². The number of anilines is 3. The van der Waals surface area contributed by atoms with Crippen LogP contribution in [0.15, 0.2) is 273 Å². The number of nitrogens with zero attached hydrogens (tertiary/aromatic N) is 1. The maximum Gasteiger partial charge on any atom is 0.0462 e. The molecule has 0 aliphatic carbocycles. The van der Waals surface area contributed by atoms with Gasteiger partial charge in [-0.1, -0.05) is 416 Å². The predicted octanol–water partition coefficient (Wildman–Crippen LogP) is 32.5. The normalized spacial score (nSPS) is 13.0. The van der Waals surface area contributed by atoms with E-state index >= 15 is 0 Å². The molecule has 12 rings (SSSR count). The van der Waals surface area contributed by atoms with Crippen molar-refractivity contribution < 1.29 is 0 Å². The first-order valence-electron chi connectivity index (χ1n) is 41.0. The first kappa shape index (κ1) is 82.6. The zero-order valence-corrected chi connectivity index (χ0v) is 71.3. The van der Waals surface area contributed by atoms with Gasteiger partial charge in [-0.2, -0.15) is 0 Å². The van der Waals surface area contributed by atoms with E-state index < -0.39 is 0 Å². The van der Waals surface area contributed by atoms with Crippen molar-refractivity contribution in [2.24, 2.45) is 0 Å². The molecule has 0 bridgehead atoms. The summed E-state index contributed by atoms with van der Waals surface area (Å²) in [5.74, 6) is 0. The molecule has 1 nitrogen and oxygen atoms in total. The Hall–Kier alpha value is -11.9. The molecular weight excluding hydrogens is 1380 g/mol. The summed E-state index contributed by atoms with van der Waals surface area (Å²) in [5, 5.41) is 0. The van der Waals surface area contributed by atoms with Gasteiger partial charge in [0.25, 0.3) is 0 Å². The van der Waals surface area contributed by atoms with Gasteiger partial charge in [0, 0.05) is 17.1 Å². The van der Waals surface area contributed by atoms with Crippen molar-refractivity contribution in [1.29, 1.82) is 0 Å². The highest BCUT2D eigenvalue weighted by Crippen LogP contribution is 2.37. The van der Waals surface area contributed by atoms with Gasteiger partial charge < -0.3 is 4.90 Å². The molecule has 0 aliphatic rings. The Kier molecular flexibility index (Phi) is 25.6. The number of benzene rings is 12. The van der Waals surface area contributed by atoms with E-state index in [1.807, 2.05) is 0 Å². The number of hydrogen-bond acceptors (Lipinski definition) is 1. The van der Waals surface area contributed by atoms with Gasteiger partial charge in [0.05, 0.1) is 0 Å². The van der Waals surface area contributed by atoms with E-state index in [9.17, 15) is 0 Å². The van der Waals surface area contributed by atoms with Crippen LogP contribution in [0.5, 0.6) is 0 Å². The molecule has 1 heteroatoms. The molecule has 115 heavy (non-hydrogen) atoms. The Labute approximate surface area is 690 Å². The van der Waals surface area contributed by atoms with Crippen LogP contribution in [0, 0.1) is 0 Å². The number of rotatable bonds is 21. The van der Waals surface area contributed by atoms with Crippen molar-refractivity contribution in [3.8, 4) is 0 Å². The molecule has 12 aromatic carbocycles. The van der Waals surface area contributed by atoms with Crippen LogP contribution in [-0.4, -0.2) is 0 Å². The van der Waals surface area contributed by atoms with Crippen LogP contribution in [0.3, 0.4) is 0 Å². The van der Waals surface area contributed by atoms with Gasteiger partial charge >= 0.3 is 0 Å². The summed E-state index contributed by atoms with van der Waals surface area (Å²) in [5.41, 5.74) is 32.2. The van der Waals surface area contributed by atoms with Gasteiger partial charge in [-0.3, -0.25) is 0 Å². The smallest absolute Gasteiger partial charge is 0.0462 e. The fourth-order valence-corrected chi connectivity index (χ4v) is 13.9. The van der Waals surface area contributed by atoms with Crippen molar-refractivity contribution in [3.05, 3.63) is 407 Å². The lowest BCUT2D eigenvalue weighted by Gasteiger charge is -2.26. The van der Waals surface area contributed by atoms with Gasteiger partial charge in [0.15, 0.2) is 0 Å². The third kappa shape index (κ3) is 23.9. The molecule has 0 spiro atoms. The van der Waals surface area contributed by atoms with Crippen LogP contribution >= 0.6 is 0 Å². The second-order valence-electron chi connectivity index (χ2n) is 37.1. The van der Waals surface area contributed by atoms with Gasteiger partial charge in [-0.15, -0.1) is 0 Å². The fourth-order valence-electron chi connectivity index (χ4n) is 13.9. The first-order chi connectivity index (χ1) is 54.6. The van der Waals surface area contributed by atoms with Gasteiger partial charge in [0.1, 0.15) is 0 Å². The van der Waals surface area contributed by atoms with Crippen LogP contribution < -0.4 is 4.90 Å². The van der Waals surface area contributed by atoms with Crippen molar-refractivity contribution in [3.63, 3.8) is 0 Å². The molecular formula is C114H117N. The van der Waals surface area contributed by atoms with E-state index in [1.165, 1.54) is 66.8 Å². The predicted molar refractivity (Wildman–Crippen MR) is 512 cm³/mol. The quantitative estimate of drug-likeness (QED) is 0.0648. The highest BCUT2D eigenvalue weighted by Gasteiger charge is 2.19. The van der Waals surface area contributed by atoms with E-state index in [0.717, 1.165) is 83.8 Å². The minimum Gasteiger partial charge on any atom is -0.311 e. The summed E-state index contributed by atoms with van der Waals surface area (Å²) in [4.78, 5) is 2.36.